The molecule has 110 valence electrons. The lowest BCUT2D eigenvalue weighted by Crippen LogP contribution is -2.23. The monoisotopic (exact) mass is 312 g/mol. The van der Waals surface area contributed by atoms with Gasteiger partial charge in [-0.3, -0.25) is 9.36 Å². The Labute approximate surface area is 131 Å². The van der Waals surface area contributed by atoms with Gasteiger partial charge in [-0.25, -0.2) is 9.37 Å². The minimum absolute atomic E-state index is 0.149. The first-order chi connectivity index (χ1) is 10.5. The number of fused-ring (bicyclic) bond motifs is 1. The summed E-state index contributed by atoms with van der Waals surface area (Å²) in [6.07, 6.45) is 5.34. The van der Waals surface area contributed by atoms with E-state index in [0.717, 1.165) is 16.0 Å². The largest absolute Gasteiger partial charge is 0.284 e. The summed E-state index contributed by atoms with van der Waals surface area (Å²) in [4.78, 5) is 18.9. The average Bonchev–Trinajstić information content (AvgIpc) is 2.80. The summed E-state index contributed by atoms with van der Waals surface area (Å²) in [6.45, 7) is 3.89. The van der Waals surface area contributed by atoms with E-state index in [-0.39, 0.29) is 17.9 Å². The summed E-state index contributed by atoms with van der Waals surface area (Å²) < 4.78 is 14.6. The van der Waals surface area contributed by atoms with Crippen LogP contribution < -0.4 is 5.56 Å². The molecule has 3 nitrogen and oxygen atoms in total. The lowest BCUT2D eigenvalue weighted by atomic mass is 10.0. The van der Waals surface area contributed by atoms with Crippen LogP contribution in [0.2, 0.25) is 0 Å². The molecule has 0 radical (unpaired) electrons. The molecule has 0 bridgehead atoms. The molecule has 0 aliphatic heterocycles. The highest BCUT2D eigenvalue weighted by Crippen LogP contribution is 2.35. The van der Waals surface area contributed by atoms with Crippen molar-refractivity contribution < 1.29 is 4.39 Å². The molecular weight excluding hydrogens is 299 g/mol. The van der Waals surface area contributed by atoms with Crippen LogP contribution in [0.1, 0.15) is 10.7 Å². The molecule has 0 saturated heterocycles. The van der Waals surface area contributed by atoms with Crippen LogP contribution in [0.15, 0.2) is 29.1 Å². The maximum absolute atomic E-state index is 13.1. The number of thiophene rings is 1. The smallest absolute Gasteiger partial charge is 0.263 e. The first-order valence-electron chi connectivity index (χ1n) is 6.73. The van der Waals surface area contributed by atoms with Crippen molar-refractivity contribution in [2.45, 2.75) is 20.4 Å². The maximum Gasteiger partial charge on any atom is 0.263 e. The quantitative estimate of drug-likeness (QED) is 0.679. The molecule has 0 atom stereocenters. The number of rotatable bonds is 2. The first kappa shape index (κ1) is 14.5. The molecule has 0 aliphatic carbocycles. The minimum Gasteiger partial charge on any atom is -0.284 e. The van der Waals surface area contributed by atoms with E-state index in [2.05, 4.69) is 10.9 Å². The number of aryl methyl sites for hydroxylation is 2. The summed E-state index contributed by atoms with van der Waals surface area (Å²) in [5, 5.41) is 0.551. The number of aromatic nitrogens is 2. The Morgan fingerprint density at radius 1 is 1.32 bits per heavy atom. The predicted octanol–water partition coefficient (Wildman–Crippen LogP) is 3.51. The first-order valence-corrected chi connectivity index (χ1v) is 7.54. The van der Waals surface area contributed by atoms with Crippen LogP contribution in [0.3, 0.4) is 0 Å². The normalized spacial score (nSPS) is 10.8. The molecule has 0 N–H and O–H groups in total. The highest BCUT2D eigenvalue weighted by molar-refractivity contribution is 7.19. The summed E-state index contributed by atoms with van der Waals surface area (Å²) in [6, 6.07) is 6.13. The molecule has 0 unspecified atom stereocenters. The standard InChI is InChI=1S/C17H13FN2OS/c1-4-9-20-11(3)19-16-15(17(20)21)14(10(2)22-16)12-5-7-13(18)8-6-12/h1,5-8H,9H2,2-3H3. The van der Waals surface area contributed by atoms with Crippen molar-refractivity contribution in [2.24, 2.45) is 0 Å². The van der Waals surface area contributed by atoms with Gasteiger partial charge in [0.25, 0.3) is 5.56 Å². The molecule has 22 heavy (non-hydrogen) atoms. The zero-order valence-electron chi connectivity index (χ0n) is 12.2. The molecule has 3 rings (SSSR count). The molecule has 2 heterocycles. The van der Waals surface area contributed by atoms with Crippen LogP contribution in [0.5, 0.6) is 0 Å². The van der Waals surface area contributed by atoms with Crippen molar-refractivity contribution in [1.29, 1.82) is 0 Å². The van der Waals surface area contributed by atoms with Gasteiger partial charge in [-0.2, -0.15) is 0 Å². The minimum atomic E-state index is -0.306. The Morgan fingerprint density at radius 2 is 2.00 bits per heavy atom. The number of nitrogens with zero attached hydrogens (tertiary/aromatic N) is 2. The number of halogens is 1. The van der Waals surface area contributed by atoms with Crippen molar-refractivity contribution in [1.82, 2.24) is 9.55 Å². The molecular formula is C17H13FN2OS. The van der Waals surface area contributed by atoms with Crippen LogP contribution in [0, 0.1) is 32.0 Å². The third-order valence-electron chi connectivity index (χ3n) is 3.56. The fourth-order valence-corrected chi connectivity index (χ4v) is 3.62. The zero-order chi connectivity index (χ0) is 15.9. The number of terminal acetylenes is 1. The molecule has 0 amide bonds. The van der Waals surface area contributed by atoms with Gasteiger partial charge >= 0.3 is 0 Å². The number of benzene rings is 1. The Balaban J connectivity index is 2.38. The Bertz CT molecular complexity index is 961. The van der Waals surface area contributed by atoms with Crippen molar-refractivity contribution in [3.63, 3.8) is 0 Å². The molecule has 0 spiro atoms. The molecule has 0 aliphatic rings. The van der Waals surface area contributed by atoms with E-state index in [1.165, 1.54) is 28.0 Å². The van der Waals surface area contributed by atoms with Crippen molar-refractivity contribution >= 4 is 21.6 Å². The van der Waals surface area contributed by atoms with Gasteiger partial charge in [0.2, 0.25) is 0 Å². The Kier molecular flexibility index (Phi) is 3.55. The summed E-state index contributed by atoms with van der Waals surface area (Å²) in [5.74, 6) is 2.77. The SMILES string of the molecule is C#CCn1c(C)nc2sc(C)c(-c3ccc(F)cc3)c2c1=O. The molecule has 0 fully saturated rings. The van der Waals surface area contributed by atoms with E-state index < -0.39 is 0 Å². The number of hydrogen-bond donors (Lipinski definition) is 0. The van der Waals surface area contributed by atoms with Gasteiger partial charge in [-0.05, 0) is 31.5 Å². The van der Waals surface area contributed by atoms with Crippen LogP contribution in [-0.2, 0) is 6.54 Å². The van der Waals surface area contributed by atoms with Crippen LogP contribution in [0.4, 0.5) is 4.39 Å². The van der Waals surface area contributed by atoms with E-state index in [1.54, 1.807) is 19.1 Å². The van der Waals surface area contributed by atoms with Crippen LogP contribution >= 0.6 is 11.3 Å². The molecule has 3 aromatic rings. The number of hydrogen-bond acceptors (Lipinski definition) is 3. The van der Waals surface area contributed by atoms with Gasteiger partial charge in [0.05, 0.1) is 11.9 Å². The molecule has 2 aromatic heterocycles. The van der Waals surface area contributed by atoms with E-state index in [9.17, 15) is 9.18 Å². The second-order valence-electron chi connectivity index (χ2n) is 4.97. The van der Waals surface area contributed by atoms with Crippen LogP contribution in [-0.4, -0.2) is 9.55 Å². The summed E-state index contributed by atoms with van der Waals surface area (Å²) >= 11 is 1.46. The molecule has 5 heteroatoms. The second-order valence-corrected chi connectivity index (χ2v) is 6.18. The van der Waals surface area contributed by atoms with Crippen molar-refractivity contribution in [3.8, 4) is 23.5 Å². The third kappa shape index (κ3) is 2.22. The highest BCUT2D eigenvalue weighted by atomic mass is 32.1. The topological polar surface area (TPSA) is 34.9 Å². The van der Waals surface area contributed by atoms with E-state index in [0.29, 0.717) is 16.0 Å². The van der Waals surface area contributed by atoms with E-state index >= 15 is 0 Å². The second kappa shape index (κ2) is 5.39. The fourth-order valence-electron chi connectivity index (χ4n) is 2.54. The van der Waals surface area contributed by atoms with Gasteiger partial charge in [-0.1, -0.05) is 18.1 Å². The van der Waals surface area contributed by atoms with Gasteiger partial charge in [0.15, 0.2) is 0 Å². The zero-order valence-corrected chi connectivity index (χ0v) is 13.0. The Morgan fingerprint density at radius 3 is 2.64 bits per heavy atom. The van der Waals surface area contributed by atoms with Crippen LogP contribution in [0.25, 0.3) is 21.3 Å². The highest BCUT2D eigenvalue weighted by Gasteiger charge is 2.18. The summed E-state index contributed by atoms with van der Waals surface area (Å²) in [7, 11) is 0. The van der Waals surface area contributed by atoms with Gasteiger partial charge in [-0.15, -0.1) is 17.8 Å². The van der Waals surface area contributed by atoms with E-state index in [4.69, 9.17) is 6.42 Å². The third-order valence-corrected chi connectivity index (χ3v) is 4.56. The maximum atomic E-state index is 13.1. The van der Waals surface area contributed by atoms with Crippen molar-refractivity contribution in [3.05, 3.63) is 51.1 Å². The lowest BCUT2D eigenvalue weighted by molar-refractivity contribution is 0.628. The Hall–Kier alpha value is -2.45. The fraction of sp³-hybridized carbons (Fsp3) is 0.176. The molecule has 1 aromatic carbocycles. The van der Waals surface area contributed by atoms with Gasteiger partial charge < -0.3 is 0 Å². The predicted molar refractivity (Wildman–Crippen MR) is 87.6 cm³/mol. The van der Waals surface area contributed by atoms with Gasteiger partial charge in [0, 0.05) is 10.4 Å². The average molecular weight is 312 g/mol. The lowest BCUT2D eigenvalue weighted by Gasteiger charge is -2.07. The summed E-state index contributed by atoms with van der Waals surface area (Å²) in [5.41, 5.74) is 1.47. The van der Waals surface area contributed by atoms with Crippen molar-refractivity contribution in [2.75, 3.05) is 0 Å². The van der Waals surface area contributed by atoms with E-state index in [1.807, 2.05) is 6.92 Å². The molecule has 0 saturated carbocycles. The van der Waals surface area contributed by atoms with Gasteiger partial charge in [0.1, 0.15) is 16.5 Å².